The maximum absolute atomic E-state index is 13.6. The molecule has 2 aliphatic heterocycles. The number of nitrogens with one attached hydrogen (secondary N) is 2. The summed E-state index contributed by atoms with van der Waals surface area (Å²) in [6.07, 6.45) is 4.85. The Labute approximate surface area is 290 Å². The molecule has 2 saturated heterocycles. The molecule has 0 atom stereocenters. The van der Waals surface area contributed by atoms with Crippen LogP contribution in [-0.4, -0.2) is 96.2 Å². The number of fused-ring (bicyclic) bond motifs is 2. The highest BCUT2D eigenvalue weighted by molar-refractivity contribution is 6.07. The average Bonchev–Trinajstić information content (AvgIpc) is 3.86. The van der Waals surface area contributed by atoms with Crippen LogP contribution in [-0.2, 0) is 0 Å². The van der Waals surface area contributed by atoms with E-state index in [1.165, 1.54) is 44.9 Å². The molecular weight excluding hydrogens is 634 g/mol. The van der Waals surface area contributed by atoms with E-state index in [2.05, 4.69) is 35.4 Å². The molecule has 2 aromatic carbocycles. The second-order valence-electron chi connectivity index (χ2n) is 12.5. The van der Waals surface area contributed by atoms with Crippen LogP contribution >= 0.6 is 0 Å². The number of ether oxygens (including phenoxy) is 3. The molecule has 2 N–H and O–H groups in total. The molecule has 7 rings (SSSR count). The van der Waals surface area contributed by atoms with Gasteiger partial charge in [-0.05, 0) is 76.1 Å². The number of para-hydroxylation sites is 2. The number of carbonyl (C=O) groups excluding carboxylic acids is 2. The first-order chi connectivity index (χ1) is 24.5. The van der Waals surface area contributed by atoms with Gasteiger partial charge in [-0.2, -0.15) is 0 Å². The molecule has 0 saturated carbocycles. The van der Waals surface area contributed by atoms with Gasteiger partial charge in [0.1, 0.15) is 53.5 Å². The van der Waals surface area contributed by atoms with Crippen LogP contribution in [0.4, 0.5) is 11.6 Å². The summed E-state index contributed by atoms with van der Waals surface area (Å²) in [6.45, 7) is 7.05. The molecule has 2 aliphatic rings. The lowest BCUT2D eigenvalue weighted by atomic mass is 10.2. The molecule has 0 radical (unpaired) electrons. The molecule has 2 amide bonds. The van der Waals surface area contributed by atoms with E-state index in [-0.39, 0.29) is 11.4 Å². The van der Waals surface area contributed by atoms with Gasteiger partial charge in [0, 0.05) is 48.1 Å². The fourth-order valence-electron chi connectivity index (χ4n) is 6.45. The van der Waals surface area contributed by atoms with Crippen LogP contribution in [0.2, 0.25) is 0 Å². The van der Waals surface area contributed by atoms with E-state index in [1.54, 1.807) is 12.1 Å². The number of pyridine rings is 3. The van der Waals surface area contributed by atoms with Gasteiger partial charge < -0.3 is 24.8 Å². The number of anilines is 2. The highest BCUT2D eigenvalue weighted by atomic mass is 16.5. The Morgan fingerprint density at radius 1 is 0.640 bits per heavy atom. The number of nitrogens with zero attached hydrogens (tertiary/aromatic N) is 5. The maximum Gasteiger partial charge on any atom is 0.275 e. The van der Waals surface area contributed by atoms with Crippen molar-refractivity contribution < 1.29 is 23.8 Å². The third kappa shape index (κ3) is 7.93. The van der Waals surface area contributed by atoms with E-state index in [0.717, 1.165) is 50.0 Å². The molecule has 5 heterocycles. The molecular formula is C38H41N7O5. The van der Waals surface area contributed by atoms with Crippen molar-refractivity contribution in [2.45, 2.75) is 25.7 Å². The van der Waals surface area contributed by atoms with E-state index in [9.17, 15) is 9.59 Å². The van der Waals surface area contributed by atoms with E-state index in [4.69, 9.17) is 14.2 Å². The number of hydrogen-bond donors (Lipinski definition) is 2. The van der Waals surface area contributed by atoms with E-state index < -0.39 is 11.8 Å². The summed E-state index contributed by atoms with van der Waals surface area (Å²) in [4.78, 5) is 45.5. The van der Waals surface area contributed by atoms with Gasteiger partial charge in [0.2, 0.25) is 0 Å². The Bertz CT molecular complexity index is 1850. The van der Waals surface area contributed by atoms with Gasteiger partial charge in [-0.1, -0.05) is 24.3 Å². The number of rotatable bonds is 13. The Balaban J connectivity index is 1.08. The summed E-state index contributed by atoms with van der Waals surface area (Å²) in [5, 5.41) is 7.38. The number of benzene rings is 2. The quantitative estimate of drug-likeness (QED) is 0.162. The SMILES string of the molecule is COc1cc(C(=O)Nc2cc(OCCN3CCCC3)c3ccccc3n2)nc(C(=O)Nc2cc(OCCN3CCCC3)c3ccccc3n2)c1. The molecule has 0 unspecified atom stereocenters. The molecule has 5 aromatic rings. The van der Waals surface area contributed by atoms with Crippen molar-refractivity contribution >= 4 is 45.3 Å². The van der Waals surface area contributed by atoms with Gasteiger partial charge in [-0.3, -0.25) is 19.4 Å². The molecule has 2 fully saturated rings. The van der Waals surface area contributed by atoms with Crippen molar-refractivity contribution in [2.24, 2.45) is 0 Å². The van der Waals surface area contributed by atoms with Crippen LogP contribution in [0.25, 0.3) is 21.8 Å². The Kier molecular flexibility index (Phi) is 10.3. The molecule has 0 aliphatic carbocycles. The fraction of sp³-hybridized carbons (Fsp3) is 0.342. The number of carbonyl (C=O) groups is 2. The Morgan fingerprint density at radius 3 is 1.52 bits per heavy atom. The minimum absolute atomic E-state index is 0.0154. The predicted molar refractivity (Wildman–Crippen MR) is 193 cm³/mol. The second-order valence-corrected chi connectivity index (χ2v) is 12.5. The number of methoxy groups -OCH3 is 1. The normalized spacial score (nSPS) is 15.0. The second kappa shape index (κ2) is 15.5. The van der Waals surface area contributed by atoms with Crippen molar-refractivity contribution in [3.63, 3.8) is 0 Å². The van der Waals surface area contributed by atoms with Crippen molar-refractivity contribution in [3.05, 3.63) is 84.2 Å². The highest BCUT2D eigenvalue weighted by Gasteiger charge is 2.19. The average molecular weight is 676 g/mol. The van der Waals surface area contributed by atoms with Crippen LogP contribution in [0.3, 0.4) is 0 Å². The monoisotopic (exact) mass is 675 g/mol. The van der Waals surface area contributed by atoms with Crippen molar-refractivity contribution in [3.8, 4) is 17.2 Å². The summed E-state index contributed by atoms with van der Waals surface area (Å²) in [7, 11) is 1.46. The fourth-order valence-corrected chi connectivity index (χ4v) is 6.45. The van der Waals surface area contributed by atoms with Gasteiger partial charge in [0.25, 0.3) is 11.8 Å². The van der Waals surface area contributed by atoms with Gasteiger partial charge >= 0.3 is 0 Å². The lowest BCUT2D eigenvalue weighted by Gasteiger charge is -2.16. The molecule has 3 aromatic heterocycles. The zero-order chi connectivity index (χ0) is 34.3. The van der Waals surface area contributed by atoms with Crippen LogP contribution in [0.1, 0.15) is 46.7 Å². The Hall–Kier alpha value is -5.33. The predicted octanol–water partition coefficient (Wildman–Crippen LogP) is 5.64. The van der Waals surface area contributed by atoms with Crippen LogP contribution in [0.5, 0.6) is 17.2 Å². The van der Waals surface area contributed by atoms with Gasteiger partial charge in [-0.25, -0.2) is 15.0 Å². The third-order valence-corrected chi connectivity index (χ3v) is 9.07. The molecule has 0 spiro atoms. The molecule has 12 heteroatoms. The largest absolute Gasteiger partial charge is 0.497 e. The first-order valence-electron chi connectivity index (χ1n) is 17.2. The summed E-state index contributed by atoms with van der Waals surface area (Å²) < 4.78 is 17.8. The minimum atomic E-state index is -0.554. The summed E-state index contributed by atoms with van der Waals surface area (Å²) in [6, 6.07) is 21.6. The minimum Gasteiger partial charge on any atom is -0.497 e. The standard InChI is InChI=1S/C38H41N7O5/c1-48-26-22-31(37(46)42-35-24-33(27-10-2-4-12-29(27)40-35)49-20-18-44-14-6-7-15-44)39-32(23-26)38(47)43-36-25-34(28-11-3-5-13-30(28)41-36)50-21-19-45-16-8-9-17-45/h2-5,10-13,22-25H,6-9,14-21H2,1H3,(H,40,42,46)(H,41,43,47). The third-order valence-electron chi connectivity index (χ3n) is 9.07. The lowest BCUT2D eigenvalue weighted by molar-refractivity contribution is 0.101. The van der Waals surface area contributed by atoms with Crippen LogP contribution < -0.4 is 24.8 Å². The van der Waals surface area contributed by atoms with E-state index in [0.29, 0.717) is 53.1 Å². The molecule has 12 nitrogen and oxygen atoms in total. The number of amides is 2. The maximum atomic E-state index is 13.6. The first-order valence-corrected chi connectivity index (χ1v) is 17.2. The first kappa shape index (κ1) is 33.2. The Morgan fingerprint density at radius 2 is 1.08 bits per heavy atom. The highest BCUT2D eigenvalue weighted by Crippen LogP contribution is 2.30. The molecule has 258 valence electrons. The smallest absolute Gasteiger partial charge is 0.275 e. The summed E-state index contributed by atoms with van der Waals surface area (Å²) in [5.74, 6) is 1.06. The number of hydrogen-bond acceptors (Lipinski definition) is 10. The van der Waals surface area contributed by atoms with Crippen molar-refractivity contribution in [2.75, 3.05) is 70.2 Å². The topological polar surface area (TPSA) is 131 Å². The number of likely N-dealkylation sites (tertiary alicyclic amines) is 2. The van der Waals surface area contributed by atoms with Gasteiger partial charge in [0.15, 0.2) is 0 Å². The summed E-state index contributed by atoms with van der Waals surface area (Å²) >= 11 is 0. The summed E-state index contributed by atoms with van der Waals surface area (Å²) in [5.41, 5.74) is 1.33. The van der Waals surface area contributed by atoms with Gasteiger partial charge in [-0.15, -0.1) is 0 Å². The molecule has 0 bridgehead atoms. The lowest BCUT2D eigenvalue weighted by Crippen LogP contribution is -2.25. The number of aromatic nitrogens is 3. The zero-order valence-corrected chi connectivity index (χ0v) is 28.2. The van der Waals surface area contributed by atoms with E-state index >= 15 is 0 Å². The van der Waals surface area contributed by atoms with E-state index in [1.807, 2.05) is 48.5 Å². The van der Waals surface area contributed by atoms with Crippen molar-refractivity contribution in [1.29, 1.82) is 0 Å². The van der Waals surface area contributed by atoms with Crippen molar-refractivity contribution in [1.82, 2.24) is 24.8 Å². The van der Waals surface area contributed by atoms with Crippen LogP contribution in [0, 0.1) is 0 Å². The van der Waals surface area contributed by atoms with Crippen LogP contribution in [0.15, 0.2) is 72.8 Å². The zero-order valence-electron chi connectivity index (χ0n) is 28.2. The molecule has 50 heavy (non-hydrogen) atoms. The van der Waals surface area contributed by atoms with Gasteiger partial charge in [0.05, 0.1) is 18.1 Å².